The van der Waals surface area contributed by atoms with Gasteiger partial charge in [-0.1, -0.05) is 0 Å². The van der Waals surface area contributed by atoms with Gasteiger partial charge in [0.25, 0.3) is 9.05 Å². The van der Waals surface area contributed by atoms with Gasteiger partial charge in [-0.2, -0.15) is 0 Å². The maximum absolute atomic E-state index is 11.3. The Morgan fingerprint density at radius 1 is 1.33 bits per heavy atom. The van der Waals surface area contributed by atoms with Crippen molar-refractivity contribution in [3.63, 3.8) is 0 Å². The summed E-state index contributed by atoms with van der Waals surface area (Å²) in [6.45, 7) is 2.16. The smallest absolute Gasteiger partial charge is 0.261 e. The molecule has 0 bridgehead atoms. The molecule has 0 aromatic heterocycles. The summed E-state index contributed by atoms with van der Waals surface area (Å²) in [6.07, 6.45) is 0. The van der Waals surface area contributed by atoms with Crippen molar-refractivity contribution in [2.45, 2.75) is 11.8 Å². The van der Waals surface area contributed by atoms with Crippen LogP contribution in [0.25, 0.3) is 0 Å². The van der Waals surface area contributed by atoms with Crippen LogP contribution < -0.4 is 9.47 Å². The predicted molar refractivity (Wildman–Crippen MR) is 70.9 cm³/mol. The van der Waals surface area contributed by atoms with Crippen LogP contribution in [0.5, 0.6) is 11.5 Å². The van der Waals surface area contributed by atoms with Crippen LogP contribution in [-0.4, -0.2) is 28.9 Å². The van der Waals surface area contributed by atoms with E-state index in [0.717, 1.165) is 0 Å². The van der Waals surface area contributed by atoms with Crippen molar-refractivity contribution in [2.75, 3.05) is 20.5 Å². The van der Waals surface area contributed by atoms with Gasteiger partial charge in [-0.25, -0.2) is 8.42 Å². The highest BCUT2D eigenvalue weighted by atomic mass is 79.9. The summed E-state index contributed by atoms with van der Waals surface area (Å²) in [5.41, 5.74) is 0. The van der Waals surface area contributed by atoms with E-state index in [0.29, 0.717) is 16.8 Å². The Morgan fingerprint density at radius 2 is 2.00 bits per heavy atom. The molecule has 0 atom stereocenters. The zero-order chi connectivity index (χ0) is 13.8. The molecule has 0 heterocycles. The fraction of sp³-hybridized carbons (Fsp3) is 0.400. The first kappa shape index (κ1) is 15.6. The zero-order valence-corrected chi connectivity index (χ0v) is 12.9. The number of hydrogen-bond donors (Lipinski definition) is 0. The molecule has 8 heteroatoms. The molecule has 102 valence electrons. The monoisotopic (exact) mass is 358 g/mol. The second kappa shape index (κ2) is 6.60. The fourth-order valence-corrected chi connectivity index (χ4v) is 2.69. The van der Waals surface area contributed by atoms with Crippen molar-refractivity contribution < 1.29 is 22.6 Å². The topological polar surface area (TPSA) is 61.8 Å². The lowest BCUT2D eigenvalue weighted by atomic mass is 10.3. The van der Waals surface area contributed by atoms with Gasteiger partial charge < -0.3 is 14.2 Å². The number of hydrogen-bond acceptors (Lipinski definition) is 5. The van der Waals surface area contributed by atoms with E-state index in [9.17, 15) is 8.42 Å². The molecule has 0 unspecified atom stereocenters. The maximum atomic E-state index is 11.3. The van der Waals surface area contributed by atoms with Crippen molar-refractivity contribution >= 4 is 35.7 Å². The Balaban J connectivity index is 3.26. The molecule has 0 aliphatic rings. The minimum absolute atomic E-state index is 0.0195. The van der Waals surface area contributed by atoms with Gasteiger partial charge in [-0.3, -0.25) is 0 Å². The van der Waals surface area contributed by atoms with Crippen LogP contribution in [0.1, 0.15) is 6.92 Å². The van der Waals surface area contributed by atoms with Crippen molar-refractivity contribution in [1.82, 2.24) is 0 Å². The van der Waals surface area contributed by atoms with E-state index in [-0.39, 0.29) is 17.4 Å². The summed E-state index contributed by atoms with van der Waals surface area (Å²) in [5.74, 6) is 0.644. The Labute approximate surface area is 119 Å². The van der Waals surface area contributed by atoms with E-state index < -0.39 is 9.05 Å². The lowest BCUT2D eigenvalue weighted by Gasteiger charge is -2.14. The Bertz CT molecular complexity index is 517. The van der Waals surface area contributed by atoms with Crippen LogP contribution >= 0.6 is 26.6 Å². The first-order valence-electron chi connectivity index (χ1n) is 4.93. The minimum Gasteiger partial charge on any atom is -0.490 e. The largest absolute Gasteiger partial charge is 0.490 e. The third-order valence-corrected chi connectivity index (χ3v) is 3.81. The Kier molecular flexibility index (Phi) is 5.71. The Hall–Kier alpha value is -0.500. The first-order valence-corrected chi connectivity index (χ1v) is 8.03. The molecule has 5 nitrogen and oxygen atoms in total. The molecule has 1 aromatic carbocycles. The molecule has 0 saturated carbocycles. The van der Waals surface area contributed by atoms with Crippen LogP contribution in [0.4, 0.5) is 0 Å². The first-order chi connectivity index (χ1) is 8.40. The van der Waals surface area contributed by atoms with Crippen LogP contribution in [0.2, 0.25) is 0 Å². The van der Waals surface area contributed by atoms with Gasteiger partial charge in [-0.05, 0) is 28.9 Å². The van der Waals surface area contributed by atoms with Gasteiger partial charge in [0.05, 0.1) is 16.0 Å². The second-order valence-corrected chi connectivity index (χ2v) is 6.57. The van der Waals surface area contributed by atoms with Crippen molar-refractivity contribution in [3.05, 3.63) is 16.6 Å². The van der Waals surface area contributed by atoms with Crippen molar-refractivity contribution in [2.24, 2.45) is 0 Å². The van der Waals surface area contributed by atoms with Crippen LogP contribution in [0.3, 0.4) is 0 Å². The highest BCUT2D eigenvalue weighted by Crippen LogP contribution is 2.38. The number of ether oxygens (including phenoxy) is 3. The van der Waals surface area contributed by atoms with Gasteiger partial charge in [0.15, 0.2) is 18.3 Å². The second-order valence-electron chi connectivity index (χ2n) is 3.15. The van der Waals surface area contributed by atoms with Crippen molar-refractivity contribution in [3.8, 4) is 11.5 Å². The van der Waals surface area contributed by atoms with Gasteiger partial charge in [0, 0.05) is 23.9 Å². The molecule has 18 heavy (non-hydrogen) atoms. The van der Waals surface area contributed by atoms with Crippen LogP contribution in [0.15, 0.2) is 21.5 Å². The van der Waals surface area contributed by atoms with E-state index >= 15 is 0 Å². The summed E-state index contributed by atoms with van der Waals surface area (Å²) >= 11 is 3.21. The average molecular weight is 360 g/mol. The van der Waals surface area contributed by atoms with E-state index in [1.165, 1.54) is 19.2 Å². The molecule has 0 aliphatic heterocycles. The Morgan fingerprint density at radius 3 is 2.50 bits per heavy atom. The number of halogens is 2. The highest BCUT2D eigenvalue weighted by Gasteiger charge is 2.18. The zero-order valence-electron chi connectivity index (χ0n) is 9.77. The van der Waals surface area contributed by atoms with Crippen LogP contribution in [0, 0.1) is 0 Å². The van der Waals surface area contributed by atoms with E-state index in [1.807, 2.05) is 0 Å². The fourth-order valence-electron chi connectivity index (χ4n) is 1.21. The molecule has 0 fully saturated rings. The molecule has 0 spiro atoms. The molecular formula is C10H12BrClO5S. The lowest BCUT2D eigenvalue weighted by molar-refractivity contribution is 0.0481. The summed E-state index contributed by atoms with van der Waals surface area (Å²) in [4.78, 5) is -0.0655. The molecule has 1 aromatic rings. The summed E-state index contributed by atoms with van der Waals surface area (Å²) < 4.78 is 38.4. The molecule has 0 N–H and O–H groups in total. The van der Waals surface area contributed by atoms with E-state index in [4.69, 9.17) is 24.9 Å². The predicted octanol–water partition coefficient (Wildman–Crippen LogP) is 2.76. The maximum Gasteiger partial charge on any atom is 0.261 e. The summed E-state index contributed by atoms with van der Waals surface area (Å²) in [7, 11) is 2.94. The molecular weight excluding hydrogens is 348 g/mol. The van der Waals surface area contributed by atoms with Gasteiger partial charge in [-0.15, -0.1) is 0 Å². The number of rotatable bonds is 6. The molecule has 0 saturated heterocycles. The average Bonchev–Trinajstić information content (AvgIpc) is 2.27. The van der Waals surface area contributed by atoms with Gasteiger partial charge >= 0.3 is 0 Å². The van der Waals surface area contributed by atoms with Crippen LogP contribution in [-0.2, 0) is 13.8 Å². The third kappa shape index (κ3) is 4.01. The highest BCUT2D eigenvalue weighted by molar-refractivity contribution is 9.10. The third-order valence-electron chi connectivity index (χ3n) is 1.89. The molecule has 0 radical (unpaired) electrons. The van der Waals surface area contributed by atoms with Gasteiger partial charge in [0.2, 0.25) is 0 Å². The lowest BCUT2D eigenvalue weighted by Crippen LogP contribution is -2.04. The van der Waals surface area contributed by atoms with E-state index in [2.05, 4.69) is 15.9 Å². The number of methoxy groups -OCH3 is 1. The van der Waals surface area contributed by atoms with Crippen molar-refractivity contribution in [1.29, 1.82) is 0 Å². The number of benzene rings is 1. The summed E-state index contributed by atoms with van der Waals surface area (Å²) in [5, 5.41) is 0. The molecule has 1 rings (SSSR count). The summed E-state index contributed by atoms with van der Waals surface area (Å²) in [6, 6.07) is 2.65. The quantitative estimate of drug-likeness (QED) is 0.577. The van der Waals surface area contributed by atoms with E-state index in [1.54, 1.807) is 6.92 Å². The van der Waals surface area contributed by atoms with Gasteiger partial charge in [0.1, 0.15) is 0 Å². The SMILES string of the molecule is CCOc1cc(S(=O)(=O)Cl)cc(Br)c1OCOC. The molecule has 0 amide bonds. The normalized spacial score (nSPS) is 11.3. The molecule has 0 aliphatic carbocycles. The standard InChI is InChI=1S/C10H12BrClO5S/c1-3-16-9-5-7(18(12,13)14)4-8(11)10(9)17-6-15-2/h4-5H,3,6H2,1-2H3. The minimum atomic E-state index is -3.83.